The SMILES string of the molecule is CC(C)S(=O)(=O)C1(C#N)C=CC=CC1(C(=O)CC=O)C1CC1. The van der Waals surface area contributed by atoms with E-state index in [2.05, 4.69) is 0 Å². The number of carbonyl (C=O) groups excluding carboxylic acids is 2. The lowest BCUT2D eigenvalue weighted by molar-refractivity contribution is -0.130. The Morgan fingerprint density at radius 2 is 1.95 bits per heavy atom. The topological polar surface area (TPSA) is 92.1 Å². The zero-order valence-electron chi connectivity index (χ0n) is 12.7. The van der Waals surface area contributed by atoms with Crippen LogP contribution in [-0.2, 0) is 19.4 Å². The normalized spacial score (nSPS) is 31.0. The van der Waals surface area contributed by atoms with Crippen LogP contribution in [-0.4, -0.2) is 30.5 Å². The number of rotatable bonds is 6. The Morgan fingerprint density at radius 1 is 1.36 bits per heavy atom. The Kier molecular flexibility index (Phi) is 4.14. The lowest BCUT2D eigenvalue weighted by Gasteiger charge is -2.43. The number of aldehydes is 1. The minimum absolute atomic E-state index is 0.214. The van der Waals surface area contributed by atoms with Gasteiger partial charge in [-0.05, 0) is 38.7 Å². The molecule has 2 atom stereocenters. The molecular formula is C16H19NO4S. The van der Waals surface area contributed by atoms with Crippen molar-refractivity contribution in [3.8, 4) is 6.07 Å². The standard InChI is InChI=1S/C16H19NO4S/c1-12(2)22(20,21)15(11-17)8-3-4-9-16(15,13-5-6-13)14(19)7-10-18/h3-4,8-10,12-13H,5-7H2,1-2H3. The molecule has 0 saturated heterocycles. The number of hydrogen-bond donors (Lipinski definition) is 0. The van der Waals surface area contributed by atoms with Gasteiger partial charge in [-0.3, -0.25) is 4.79 Å². The van der Waals surface area contributed by atoms with Crippen LogP contribution in [0.5, 0.6) is 0 Å². The predicted octanol–water partition coefficient (Wildman–Crippen LogP) is 1.75. The van der Waals surface area contributed by atoms with Gasteiger partial charge in [0, 0.05) is 0 Å². The van der Waals surface area contributed by atoms with E-state index in [0.29, 0.717) is 19.1 Å². The molecule has 0 radical (unpaired) electrons. The molecule has 2 unspecified atom stereocenters. The van der Waals surface area contributed by atoms with Gasteiger partial charge in [-0.1, -0.05) is 18.2 Å². The summed E-state index contributed by atoms with van der Waals surface area (Å²) in [4.78, 5) is 23.5. The first-order valence-corrected chi connectivity index (χ1v) is 8.83. The molecule has 0 amide bonds. The summed E-state index contributed by atoms with van der Waals surface area (Å²) in [6.45, 7) is 3.00. The number of sulfone groups is 1. The summed E-state index contributed by atoms with van der Waals surface area (Å²) in [6.07, 6.45) is 7.40. The maximum Gasteiger partial charge on any atom is 0.193 e. The van der Waals surface area contributed by atoms with Crippen LogP contribution in [0, 0.1) is 22.7 Å². The van der Waals surface area contributed by atoms with E-state index < -0.39 is 31.0 Å². The molecule has 1 saturated carbocycles. The molecule has 0 aromatic rings. The summed E-state index contributed by atoms with van der Waals surface area (Å²) >= 11 is 0. The third-order valence-electron chi connectivity index (χ3n) is 4.60. The first kappa shape index (κ1) is 16.6. The van der Waals surface area contributed by atoms with Gasteiger partial charge in [0.15, 0.2) is 20.4 Å². The third-order valence-corrected chi connectivity index (χ3v) is 7.31. The van der Waals surface area contributed by atoms with Crippen LogP contribution in [0.25, 0.3) is 0 Å². The quantitative estimate of drug-likeness (QED) is 0.549. The summed E-state index contributed by atoms with van der Waals surface area (Å²) in [7, 11) is -3.92. The van der Waals surface area contributed by atoms with E-state index >= 15 is 0 Å². The van der Waals surface area contributed by atoms with Crippen molar-refractivity contribution in [1.82, 2.24) is 0 Å². The largest absolute Gasteiger partial charge is 0.303 e. The Bertz CT molecular complexity index is 694. The Labute approximate surface area is 130 Å². The maximum absolute atomic E-state index is 12.9. The number of ketones is 1. The average Bonchev–Trinajstić information content (AvgIpc) is 3.31. The van der Waals surface area contributed by atoms with Gasteiger partial charge >= 0.3 is 0 Å². The molecule has 1 fully saturated rings. The molecular weight excluding hydrogens is 302 g/mol. The highest BCUT2D eigenvalue weighted by Crippen LogP contribution is 2.58. The third kappa shape index (κ3) is 1.99. The first-order valence-electron chi connectivity index (χ1n) is 7.29. The van der Waals surface area contributed by atoms with Crippen molar-refractivity contribution in [1.29, 1.82) is 5.26 Å². The minimum Gasteiger partial charge on any atom is -0.303 e. The Balaban J connectivity index is 2.77. The van der Waals surface area contributed by atoms with Gasteiger partial charge in [-0.25, -0.2) is 8.42 Å². The zero-order valence-corrected chi connectivity index (χ0v) is 13.5. The van der Waals surface area contributed by atoms with Crippen LogP contribution in [0.4, 0.5) is 0 Å². The molecule has 0 aromatic heterocycles. The number of carbonyl (C=O) groups is 2. The van der Waals surface area contributed by atoms with Crippen LogP contribution in [0.15, 0.2) is 24.3 Å². The van der Waals surface area contributed by atoms with Crippen molar-refractivity contribution < 1.29 is 18.0 Å². The Morgan fingerprint density at radius 3 is 2.41 bits per heavy atom. The summed E-state index contributed by atoms with van der Waals surface area (Å²) in [6, 6.07) is 1.93. The van der Waals surface area contributed by atoms with Gasteiger partial charge in [-0.15, -0.1) is 0 Å². The van der Waals surface area contributed by atoms with Crippen LogP contribution in [0.3, 0.4) is 0 Å². The Hall–Kier alpha value is -1.74. The van der Waals surface area contributed by atoms with Gasteiger partial charge in [0.1, 0.15) is 6.29 Å². The average molecular weight is 321 g/mol. The molecule has 2 aliphatic carbocycles. The van der Waals surface area contributed by atoms with Crippen molar-refractivity contribution in [2.75, 3.05) is 0 Å². The molecule has 2 rings (SSSR count). The molecule has 6 heteroatoms. The number of Topliss-reactive ketones (excluding diaryl/α,β-unsaturated/α-hetero) is 1. The second-order valence-electron chi connectivity index (χ2n) is 6.10. The molecule has 22 heavy (non-hydrogen) atoms. The highest BCUT2D eigenvalue weighted by Gasteiger charge is 2.67. The lowest BCUT2D eigenvalue weighted by Crippen LogP contribution is -2.59. The monoisotopic (exact) mass is 321 g/mol. The van der Waals surface area contributed by atoms with E-state index in [1.807, 2.05) is 6.07 Å². The van der Waals surface area contributed by atoms with Crippen LogP contribution >= 0.6 is 0 Å². The smallest absolute Gasteiger partial charge is 0.193 e. The van der Waals surface area contributed by atoms with Gasteiger partial charge in [0.2, 0.25) is 0 Å². The molecule has 0 aromatic carbocycles. The van der Waals surface area contributed by atoms with Gasteiger partial charge < -0.3 is 4.79 Å². The fourth-order valence-corrected chi connectivity index (χ4v) is 5.26. The summed E-state index contributed by atoms with van der Waals surface area (Å²) in [5, 5.41) is 9.00. The van der Waals surface area contributed by atoms with Crippen molar-refractivity contribution in [3.05, 3.63) is 24.3 Å². The van der Waals surface area contributed by atoms with Crippen LogP contribution in [0.2, 0.25) is 0 Å². The highest BCUT2D eigenvalue weighted by atomic mass is 32.2. The van der Waals surface area contributed by atoms with Crippen molar-refractivity contribution in [3.63, 3.8) is 0 Å². The van der Waals surface area contributed by atoms with E-state index in [4.69, 9.17) is 0 Å². The molecule has 0 N–H and O–H groups in total. The maximum atomic E-state index is 12.9. The fraction of sp³-hybridized carbons (Fsp3) is 0.562. The van der Waals surface area contributed by atoms with Gasteiger partial charge in [-0.2, -0.15) is 5.26 Å². The van der Waals surface area contributed by atoms with Crippen LogP contribution < -0.4 is 0 Å². The molecule has 0 spiro atoms. The lowest BCUT2D eigenvalue weighted by atomic mass is 9.65. The number of allylic oxidation sites excluding steroid dienone is 3. The molecule has 2 aliphatic rings. The van der Waals surface area contributed by atoms with Crippen molar-refractivity contribution in [2.24, 2.45) is 11.3 Å². The minimum atomic E-state index is -3.92. The van der Waals surface area contributed by atoms with Gasteiger partial charge in [0.25, 0.3) is 0 Å². The highest BCUT2D eigenvalue weighted by molar-refractivity contribution is 7.93. The molecule has 118 valence electrons. The first-order chi connectivity index (χ1) is 10.3. The second kappa shape index (κ2) is 5.47. The van der Waals surface area contributed by atoms with Gasteiger partial charge in [0.05, 0.1) is 23.2 Å². The number of hydrogen-bond acceptors (Lipinski definition) is 5. The number of nitriles is 1. The zero-order chi connectivity index (χ0) is 16.6. The number of nitrogens with zero attached hydrogens (tertiary/aromatic N) is 1. The second-order valence-corrected chi connectivity index (χ2v) is 8.77. The van der Waals surface area contributed by atoms with Crippen molar-refractivity contribution >= 4 is 21.9 Å². The van der Waals surface area contributed by atoms with E-state index in [0.717, 1.165) is 0 Å². The molecule has 0 aliphatic heterocycles. The predicted molar refractivity (Wildman–Crippen MR) is 81.5 cm³/mol. The summed E-state index contributed by atoms with van der Waals surface area (Å²) in [5.41, 5.74) is -1.46. The van der Waals surface area contributed by atoms with E-state index in [-0.39, 0.29) is 12.3 Å². The van der Waals surface area contributed by atoms with E-state index in [1.165, 1.54) is 32.1 Å². The molecule has 0 bridgehead atoms. The summed E-state index contributed by atoms with van der Waals surface area (Å²) < 4.78 is 24.0. The fourth-order valence-electron chi connectivity index (χ4n) is 3.31. The van der Waals surface area contributed by atoms with Crippen molar-refractivity contribution in [2.45, 2.75) is 43.1 Å². The van der Waals surface area contributed by atoms with Crippen LogP contribution in [0.1, 0.15) is 33.1 Å². The molecule has 0 heterocycles. The summed E-state index contributed by atoms with van der Waals surface area (Å²) in [5.74, 6) is -0.703. The van der Waals surface area contributed by atoms with E-state index in [9.17, 15) is 23.3 Å². The van der Waals surface area contributed by atoms with E-state index in [1.54, 1.807) is 6.08 Å². The molecule has 5 nitrogen and oxygen atoms in total.